The molecule has 30 heavy (non-hydrogen) atoms. The first kappa shape index (κ1) is 20.2. The van der Waals surface area contributed by atoms with Crippen LogP contribution in [0.1, 0.15) is 35.6 Å². The molecule has 8 nitrogen and oxygen atoms in total. The summed E-state index contributed by atoms with van der Waals surface area (Å²) in [7, 11) is 2.85. The Hall–Kier alpha value is -3.13. The SMILES string of the molecule is CCO[C@@H]1c2cc(O)c(O)cc2[C@@H](c2cc(OC)c(O)c(OC)c2)[C@H]2C(=O)OCC12. The Labute approximate surface area is 173 Å². The zero-order valence-corrected chi connectivity index (χ0v) is 16.9. The fourth-order valence-corrected chi connectivity index (χ4v) is 4.63. The largest absolute Gasteiger partial charge is 0.504 e. The van der Waals surface area contributed by atoms with Crippen molar-refractivity contribution in [3.05, 3.63) is 41.0 Å². The highest BCUT2D eigenvalue weighted by Crippen LogP contribution is 2.55. The maximum atomic E-state index is 12.8. The summed E-state index contributed by atoms with van der Waals surface area (Å²) in [5, 5.41) is 30.7. The van der Waals surface area contributed by atoms with Crippen LogP contribution in [-0.2, 0) is 14.3 Å². The number of phenolic OH excluding ortho intramolecular Hbond substituents is 3. The Morgan fingerprint density at radius 3 is 2.17 bits per heavy atom. The summed E-state index contributed by atoms with van der Waals surface area (Å²) in [6.07, 6.45) is -0.467. The van der Waals surface area contributed by atoms with Crippen LogP contribution in [0.5, 0.6) is 28.7 Å². The van der Waals surface area contributed by atoms with Crippen molar-refractivity contribution in [1.29, 1.82) is 0 Å². The minimum atomic E-state index is -0.572. The average Bonchev–Trinajstić information content (AvgIpc) is 3.11. The third kappa shape index (κ3) is 2.99. The Morgan fingerprint density at radius 1 is 1.00 bits per heavy atom. The molecule has 160 valence electrons. The van der Waals surface area contributed by atoms with Gasteiger partial charge in [0.15, 0.2) is 23.0 Å². The Kier molecular flexibility index (Phi) is 5.11. The molecule has 1 saturated heterocycles. The molecular weight excluding hydrogens is 392 g/mol. The molecule has 1 fully saturated rings. The number of hydrogen-bond donors (Lipinski definition) is 3. The highest BCUT2D eigenvalue weighted by atomic mass is 16.5. The summed E-state index contributed by atoms with van der Waals surface area (Å²) in [5.74, 6) is -2.04. The van der Waals surface area contributed by atoms with E-state index in [2.05, 4.69) is 0 Å². The molecular formula is C22H24O8. The molecule has 0 radical (unpaired) electrons. The number of aromatic hydroxyl groups is 3. The number of fused-ring (bicyclic) bond motifs is 2. The summed E-state index contributed by atoms with van der Waals surface area (Å²) in [6, 6.07) is 6.21. The quantitative estimate of drug-likeness (QED) is 0.504. The van der Waals surface area contributed by atoms with Crippen molar-refractivity contribution < 1.29 is 39.1 Å². The van der Waals surface area contributed by atoms with Gasteiger partial charge in [-0.05, 0) is 47.9 Å². The van der Waals surface area contributed by atoms with Crippen LogP contribution in [0.25, 0.3) is 0 Å². The van der Waals surface area contributed by atoms with Gasteiger partial charge in [0, 0.05) is 18.4 Å². The van der Waals surface area contributed by atoms with Crippen molar-refractivity contribution in [2.45, 2.75) is 18.9 Å². The van der Waals surface area contributed by atoms with Gasteiger partial charge < -0.3 is 34.3 Å². The lowest BCUT2D eigenvalue weighted by atomic mass is 9.66. The zero-order valence-electron chi connectivity index (χ0n) is 16.9. The molecule has 3 N–H and O–H groups in total. The predicted octanol–water partition coefficient (Wildman–Crippen LogP) is 2.83. The van der Waals surface area contributed by atoms with Crippen LogP contribution in [0.2, 0.25) is 0 Å². The summed E-state index contributed by atoms with van der Waals surface area (Å²) >= 11 is 0. The average molecular weight is 416 g/mol. The number of phenols is 3. The van der Waals surface area contributed by atoms with E-state index < -0.39 is 17.9 Å². The molecule has 4 rings (SSSR count). The first-order valence-corrected chi connectivity index (χ1v) is 9.70. The number of methoxy groups -OCH3 is 2. The van der Waals surface area contributed by atoms with Gasteiger partial charge in [-0.1, -0.05) is 0 Å². The summed E-state index contributed by atoms with van der Waals surface area (Å²) < 4.78 is 21.9. The maximum absolute atomic E-state index is 12.8. The van der Waals surface area contributed by atoms with E-state index in [-0.39, 0.29) is 47.2 Å². The van der Waals surface area contributed by atoms with Gasteiger partial charge in [-0.3, -0.25) is 4.79 Å². The van der Waals surface area contributed by atoms with Gasteiger partial charge in [-0.25, -0.2) is 0 Å². The van der Waals surface area contributed by atoms with E-state index in [9.17, 15) is 20.1 Å². The molecule has 0 amide bonds. The third-order valence-corrected chi connectivity index (χ3v) is 5.93. The Balaban J connectivity index is 1.98. The highest BCUT2D eigenvalue weighted by Gasteiger charge is 2.52. The van der Waals surface area contributed by atoms with Crippen LogP contribution >= 0.6 is 0 Å². The van der Waals surface area contributed by atoms with Gasteiger partial charge in [-0.15, -0.1) is 0 Å². The lowest BCUT2D eigenvalue weighted by Crippen LogP contribution is -2.35. The van der Waals surface area contributed by atoms with Gasteiger partial charge in [-0.2, -0.15) is 0 Å². The van der Waals surface area contributed by atoms with Gasteiger partial charge in [0.25, 0.3) is 0 Å². The van der Waals surface area contributed by atoms with Crippen molar-refractivity contribution in [1.82, 2.24) is 0 Å². The third-order valence-electron chi connectivity index (χ3n) is 5.93. The van der Waals surface area contributed by atoms with Gasteiger partial charge in [0.2, 0.25) is 5.75 Å². The predicted molar refractivity (Wildman–Crippen MR) is 105 cm³/mol. The zero-order chi connectivity index (χ0) is 21.6. The molecule has 0 bridgehead atoms. The summed E-state index contributed by atoms with van der Waals surface area (Å²) in [5.41, 5.74) is 1.97. The number of carbonyl (C=O) groups is 1. The number of carbonyl (C=O) groups excluding carboxylic acids is 1. The molecule has 1 aliphatic carbocycles. The number of hydrogen-bond acceptors (Lipinski definition) is 8. The van der Waals surface area contributed by atoms with E-state index in [4.69, 9.17) is 18.9 Å². The van der Waals surface area contributed by atoms with E-state index in [1.807, 2.05) is 6.92 Å². The minimum absolute atomic E-state index is 0.147. The van der Waals surface area contributed by atoms with Crippen LogP contribution in [-0.4, -0.2) is 48.7 Å². The molecule has 2 aliphatic rings. The lowest BCUT2D eigenvalue weighted by molar-refractivity contribution is -0.141. The molecule has 0 spiro atoms. The number of rotatable bonds is 5. The first-order chi connectivity index (χ1) is 14.4. The fourth-order valence-electron chi connectivity index (χ4n) is 4.63. The van der Waals surface area contributed by atoms with Crippen LogP contribution in [0.4, 0.5) is 0 Å². The lowest BCUT2D eigenvalue weighted by Gasteiger charge is -2.39. The van der Waals surface area contributed by atoms with E-state index in [0.717, 1.165) is 0 Å². The van der Waals surface area contributed by atoms with Crippen molar-refractivity contribution in [2.75, 3.05) is 27.4 Å². The van der Waals surface area contributed by atoms with Crippen molar-refractivity contribution in [2.24, 2.45) is 11.8 Å². The minimum Gasteiger partial charge on any atom is -0.504 e. The van der Waals surface area contributed by atoms with Gasteiger partial charge in [0.1, 0.15) is 0 Å². The maximum Gasteiger partial charge on any atom is 0.310 e. The molecule has 1 heterocycles. The Morgan fingerprint density at radius 2 is 1.60 bits per heavy atom. The number of esters is 1. The van der Waals surface area contributed by atoms with Crippen molar-refractivity contribution in [3.8, 4) is 28.7 Å². The molecule has 2 aromatic rings. The van der Waals surface area contributed by atoms with Crippen LogP contribution in [0.3, 0.4) is 0 Å². The second-order valence-corrected chi connectivity index (χ2v) is 7.42. The van der Waals surface area contributed by atoms with Crippen LogP contribution in [0.15, 0.2) is 24.3 Å². The monoisotopic (exact) mass is 416 g/mol. The number of cyclic esters (lactones) is 1. The molecule has 1 aliphatic heterocycles. The van der Waals surface area contributed by atoms with E-state index in [1.54, 1.807) is 12.1 Å². The fraction of sp³-hybridized carbons (Fsp3) is 0.409. The standard InChI is InChI=1S/C22H24O8/c1-4-29-21-12-8-15(24)14(23)7-11(12)18(19-13(21)9-30-22(19)26)10-5-16(27-2)20(25)17(6-10)28-3/h5-8,13,18-19,21,23-25H,4,9H2,1-3H3/t13?,18-,19+,21-/m1/s1. The smallest absolute Gasteiger partial charge is 0.310 e. The van der Waals surface area contributed by atoms with Crippen LogP contribution < -0.4 is 9.47 Å². The molecule has 0 aromatic heterocycles. The second-order valence-electron chi connectivity index (χ2n) is 7.42. The van der Waals surface area contributed by atoms with Crippen LogP contribution in [0, 0.1) is 11.8 Å². The first-order valence-electron chi connectivity index (χ1n) is 9.70. The van der Waals surface area contributed by atoms with Crippen molar-refractivity contribution in [3.63, 3.8) is 0 Å². The van der Waals surface area contributed by atoms with E-state index in [1.165, 1.54) is 26.4 Å². The molecule has 0 saturated carbocycles. The molecule has 1 unspecified atom stereocenters. The normalized spacial score (nSPS) is 24.7. The van der Waals surface area contributed by atoms with Crippen molar-refractivity contribution >= 4 is 5.97 Å². The summed E-state index contributed by atoms with van der Waals surface area (Å²) in [6.45, 7) is 2.46. The number of ether oxygens (including phenoxy) is 4. The van der Waals surface area contributed by atoms with Gasteiger partial charge in [0.05, 0.1) is 32.8 Å². The molecule has 2 aromatic carbocycles. The summed E-state index contributed by atoms with van der Waals surface area (Å²) in [4.78, 5) is 12.8. The van der Waals surface area contributed by atoms with Gasteiger partial charge >= 0.3 is 5.97 Å². The second kappa shape index (κ2) is 7.60. The molecule has 8 heteroatoms. The topological polar surface area (TPSA) is 115 Å². The molecule has 4 atom stereocenters. The highest BCUT2D eigenvalue weighted by molar-refractivity contribution is 5.79. The van der Waals surface area contributed by atoms with E-state index >= 15 is 0 Å². The Bertz CT molecular complexity index is 960. The number of benzene rings is 2. The van der Waals surface area contributed by atoms with E-state index in [0.29, 0.717) is 23.3 Å².